The Morgan fingerprint density at radius 2 is 0.857 bits per heavy atom. The average Bonchev–Trinajstić information content (AvgIpc) is 0.722. The Morgan fingerprint density at radius 3 is 0.857 bits per heavy atom. The molecule has 1 nitrogen and oxygen atoms in total. The van der Waals surface area contributed by atoms with Crippen molar-refractivity contribution >= 4 is 24.0 Å². The van der Waals surface area contributed by atoms with Crippen LogP contribution < -0.4 is 18.9 Å². The van der Waals surface area contributed by atoms with Crippen LogP contribution in [0.4, 0.5) is 0 Å². The molecule has 0 saturated heterocycles. The Labute approximate surface area is 75.2 Å². The molecule has 0 rings (SSSR count). The van der Waals surface area contributed by atoms with Gasteiger partial charge in [0.25, 0.3) is 0 Å². The van der Waals surface area contributed by atoms with Gasteiger partial charge in [0.15, 0.2) is 0 Å². The van der Waals surface area contributed by atoms with E-state index < -0.39 is 0 Å². The molecule has 0 aliphatic heterocycles. The van der Waals surface area contributed by atoms with E-state index in [1.165, 1.54) is 0 Å². The van der Waals surface area contributed by atoms with E-state index in [0.717, 1.165) is 4.48 Å². The van der Waals surface area contributed by atoms with Gasteiger partial charge in [0.1, 0.15) is 0 Å². The van der Waals surface area contributed by atoms with Crippen LogP contribution >= 0.6 is 24.0 Å². The molecule has 0 N–H and O–H groups in total. The minimum Gasteiger partial charge on any atom is -0.333 e. The van der Waals surface area contributed by atoms with Gasteiger partial charge in [0.05, 0.1) is 28.2 Å². The Morgan fingerprint density at radius 1 is 0.857 bits per heavy atom. The predicted molar refractivity (Wildman–Crippen MR) is 39.4 cm³/mol. The van der Waals surface area contributed by atoms with Gasteiger partial charge >= 0.3 is 18.9 Å². The van der Waals surface area contributed by atoms with Gasteiger partial charge in [-0.2, -0.15) is 0 Å². The van der Waals surface area contributed by atoms with Crippen molar-refractivity contribution in [1.29, 1.82) is 0 Å². The van der Waals surface area contributed by atoms with Gasteiger partial charge < -0.3 is 4.48 Å². The maximum Gasteiger partial charge on any atom is 1.00 e. The molecule has 0 fully saturated rings. The topological polar surface area (TPSA) is 0 Å². The minimum atomic E-state index is 0. The molecule has 0 spiro atoms. The van der Waals surface area contributed by atoms with Gasteiger partial charge in [-0.1, -0.05) is 0 Å². The summed E-state index contributed by atoms with van der Waals surface area (Å²) in [5.41, 5.74) is 0. The second-order valence-electron chi connectivity index (χ2n) is 2.68. The fourth-order valence-electron chi connectivity index (χ4n) is 0. The molecule has 0 unspecified atom stereocenters. The van der Waals surface area contributed by atoms with E-state index in [1.807, 2.05) is 0 Å². The first-order chi connectivity index (χ1) is 2.00. The molecule has 0 amide bonds. The van der Waals surface area contributed by atoms with Crippen LogP contribution in [0.25, 0.3) is 0 Å². The molecule has 40 valence electrons. The number of hydrogen-bond donors (Lipinski definition) is 0. The summed E-state index contributed by atoms with van der Waals surface area (Å²) in [6.45, 7) is 0. The molecule has 0 heterocycles. The zero-order valence-electron chi connectivity index (χ0n) is 5.86. The van der Waals surface area contributed by atoms with Gasteiger partial charge in [-0.3, -0.25) is 0 Å². The van der Waals surface area contributed by atoms with Crippen molar-refractivity contribution in [1.82, 2.24) is 0 Å². The fraction of sp³-hybridized carbons (Fsp3) is 1.00. The number of nitrogens with zero attached hydrogens (tertiary/aromatic N) is 1. The molecule has 0 atom stereocenters. The summed E-state index contributed by atoms with van der Waals surface area (Å²) in [6, 6.07) is 0. The Bertz CT molecular complexity index is 27.2. The summed E-state index contributed by atoms with van der Waals surface area (Å²) in [4.78, 5) is 0. The predicted octanol–water partition coefficient (Wildman–Crippen LogP) is -2.06. The van der Waals surface area contributed by atoms with E-state index in [9.17, 15) is 0 Å². The summed E-state index contributed by atoms with van der Waals surface area (Å²) in [7, 11) is 8.50. The summed E-state index contributed by atoms with van der Waals surface area (Å²) < 4.78 is 1.00. The number of hydrogen-bond acceptors (Lipinski definition) is 0. The molecule has 0 aliphatic carbocycles. The molecule has 0 aliphatic rings. The van der Waals surface area contributed by atoms with E-state index in [-0.39, 0.29) is 42.8 Å². The number of rotatable bonds is 0. The Hall–Kier alpha value is 1.29. The van der Waals surface area contributed by atoms with Crippen molar-refractivity contribution in [2.75, 3.05) is 28.2 Å². The van der Waals surface area contributed by atoms with Crippen LogP contribution in [0, 0.1) is 0 Å². The third-order valence-electron chi connectivity index (χ3n) is 0. The normalized spacial score (nSPS) is 8.57. The Kier molecular flexibility index (Phi) is 12.2. The van der Waals surface area contributed by atoms with Gasteiger partial charge in [-0.05, 0) is 0 Å². The second kappa shape index (κ2) is 5.42. The number of halogens is 1. The standard InChI is InChI=1S/C4H12N.HI.Li/c1-5(2,3)4;;/h1-4H3;1H;/q+1;;+1. The average molecular weight is 209 g/mol. The van der Waals surface area contributed by atoms with Crippen LogP contribution in [-0.2, 0) is 0 Å². The molecule has 0 aromatic heterocycles. The quantitative estimate of drug-likeness (QED) is 0.244. The van der Waals surface area contributed by atoms with Crippen LogP contribution in [-0.4, -0.2) is 32.7 Å². The summed E-state index contributed by atoms with van der Waals surface area (Å²) in [5.74, 6) is 0. The van der Waals surface area contributed by atoms with Crippen LogP contribution in [0.15, 0.2) is 0 Å². The van der Waals surface area contributed by atoms with E-state index >= 15 is 0 Å². The van der Waals surface area contributed by atoms with Crippen molar-refractivity contribution in [3.63, 3.8) is 0 Å². The van der Waals surface area contributed by atoms with E-state index in [2.05, 4.69) is 28.2 Å². The van der Waals surface area contributed by atoms with Crippen molar-refractivity contribution in [2.24, 2.45) is 0 Å². The first kappa shape index (κ1) is 15.7. The summed E-state index contributed by atoms with van der Waals surface area (Å²) in [6.07, 6.45) is 0. The van der Waals surface area contributed by atoms with Crippen molar-refractivity contribution < 1.29 is 23.3 Å². The van der Waals surface area contributed by atoms with Crippen LogP contribution in [0.1, 0.15) is 0 Å². The van der Waals surface area contributed by atoms with Crippen LogP contribution in [0.2, 0.25) is 0 Å². The minimum absolute atomic E-state index is 0. The smallest absolute Gasteiger partial charge is 0.333 e. The summed E-state index contributed by atoms with van der Waals surface area (Å²) >= 11 is 0. The molecule has 0 radical (unpaired) electrons. The first-order valence-electron chi connectivity index (χ1n) is 1.79. The van der Waals surface area contributed by atoms with Crippen molar-refractivity contribution in [3.05, 3.63) is 0 Å². The largest absolute Gasteiger partial charge is 1.00 e. The fourth-order valence-corrected chi connectivity index (χ4v) is 0. The molecule has 7 heavy (non-hydrogen) atoms. The Balaban J connectivity index is -0.0000000800. The maximum absolute atomic E-state index is 2.12. The third-order valence-corrected chi connectivity index (χ3v) is 0. The molecule has 0 bridgehead atoms. The zero-order valence-corrected chi connectivity index (χ0v) is 8.19. The van der Waals surface area contributed by atoms with Gasteiger partial charge in [-0.15, -0.1) is 24.0 Å². The molecule has 0 aromatic carbocycles. The van der Waals surface area contributed by atoms with Crippen molar-refractivity contribution in [2.45, 2.75) is 0 Å². The van der Waals surface area contributed by atoms with Gasteiger partial charge in [0.2, 0.25) is 0 Å². The molecule has 0 saturated carbocycles. The van der Waals surface area contributed by atoms with Crippen molar-refractivity contribution in [3.8, 4) is 0 Å². The molecular formula is C4H13ILiN+2. The van der Waals surface area contributed by atoms with Crippen LogP contribution in [0.5, 0.6) is 0 Å². The third kappa shape index (κ3) is 123. The second-order valence-corrected chi connectivity index (χ2v) is 2.68. The molecule has 3 heteroatoms. The van der Waals surface area contributed by atoms with E-state index in [0.29, 0.717) is 0 Å². The van der Waals surface area contributed by atoms with Gasteiger partial charge in [0, 0.05) is 0 Å². The van der Waals surface area contributed by atoms with Crippen LogP contribution in [0.3, 0.4) is 0 Å². The zero-order chi connectivity index (χ0) is 4.50. The monoisotopic (exact) mass is 209 g/mol. The first-order valence-corrected chi connectivity index (χ1v) is 1.79. The van der Waals surface area contributed by atoms with E-state index in [4.69, 9.17) is 0 Å². The number of quaternary nitrogens is 1. The van der Waals surface area contributed by atoms with Gasteiger partial charge in [-0.25, -0.2) is 0 Å². The molecule has 0 aromatic rings. The maximum atomic E-state index is 2.12. The summed E-state index contributed by atoms with van der Waals surface area (Å²) in [5, 5.41) is 0. The van der Waals surface area contributed by atoms with E-state index in [1.54, 1.807) is 0 Å². The SMILES string of the molecule is C[N+](C)(C)C.I.[Li+]. The molecular weight excluding hydrogens is 196 g/mol.